The maximum atomic E-state index is 10.2. The van der Waals surface area contributed by atoms with Gasteiger partial charge in [0.25, 0.3) is 0 Å². The summed E-state index contributed by atoms with van der Waals surface area (Å²) in [5.74, 6) is -0.753. The molecule has 0 spiro atoms. The van der Waals surface area contributed by atoms with Crippen LogP contribution in [0.25, 0.3) is 0 Å². The van der Waals surface area contributed by atoms with Crippen molar-refractivity contribution in [2.24, 2.45) is 0 Å². The van der Waals surface area contributed by atoms with Crippen LogP contribution < -0.4 is 5.32 Å². The van der Waals surface area contributed by atoms with Crippen LogP contribution in [0.15, 0.2) is 24.5 Å². The largest absolute Gasteiger partial charge is 0.481 e. The number of nitrogens with zero attached hydrogens (tertiary/aromatic N) is 1. The molecule has 1 rings (SSSR count). The van der Waals surface area contributed by atoms with Crippen LogP contribution in [-0.2, 0) is 11.2 Å². The second-order valence-corrected chi connectivity index (χ2v) is 3.35. The summed E-state index contributed by atoms with van der Waals surface area (Å²) in [7, 11) is 0. The van der Waals surface area contributed by atoms with E-state index < -0.39 is 5.97 Å². The van der Waals surface area contributed by atoms with Gasteiger partial charge in [-0.05, 0) is 37.1 Å². The number of hydrogen-bond acceptors (Lipinski definition) is 3. The summed E-state index contributed by atoms with van der Waals surface area (Å²) in [4.78, 5) is 14.1. The van der Waals surface area contributed by atoms with E-state index in [9.17, 15) is 4.79 Å². The van der Waals surface area contributed by atoms with Crippen LogP contribution in [0.1, 0.15) is 18.4 Å². The van der Waals surface area contributed by atoms with Crippen molar-refractivity contribution in [2.45, 2.75) is 19.3 Å². The van der Waals surface area contributed by atoms with Gasteiger partial charge < -0.3 is 10.4 Å². The molecular weight excluding hydrogens is 228 g/mol. The molecule has 16 heavy (non-hydrogen) atoms. The minimum atomic E-state index is -0.753. The monoisotopic (exact) mass is 244 g/mol. The number of aryl methyl sites for hydroxylation is 1. The van der Waals surface area contributed by atoms with Gasteiger partial charge in [-0.3, -0.25) is 9.78 Å². The van der Waals surface area contributed by atoms with E-state index in [0.717, 1.165) is 19.4 Å². The lowest BCUT2D eigenvalue weighted by atomic mass is 10.1. The van der Waals surface area contributed by atoms with Crippen molar-refractivity contribution in [3.63, 3.8) is 0 Å². The Hall–Kier alpha value is -1.13. The second-order valence-electron chi connectivity index (χ2n) is 3.35. The number of aliphatic carboxylic acids is 1. The summed E-state index contributed by atoms with van der Waals surface area (Å²) < 4.78 is 0. The number of carboxylic acids is 1. The number of rotatable bonds is 7. The van der Waals surface area contributed by atoms with Crippen molar-refractivity contribution < 1.29 is 9.90 Å². The number of hydrogen-bond donors (Lipinski definition) is 2. The Morgan fingerprint density at radius 1 is 1.31 bits per heavy atom. The maximum absolute atomic E-state index is 10.2. The highest BCUT2D eigenvalue weighted by atomic mass is 35.5. The number of halogens is 1. The van der Waals surface area contributed by atoms with Crippen LogP contribution in [0.3, 0.4) is 0 Å². The third-order valence-electron chi connectivity index (χ3n) is 2.08. The summed E-state index contributed by atoms with van der Waals surface area (Å²) in [5, 5.41) is 11.5. The molecule has 0 fully saturated rings. The van der Waals surface area contributed by atoms with Crippen molar-refractivity contribution >= 4 is 18.4 Å². The fourth-order valence-electron chi connectivity index (χ4n) is 1.29. The first-order chi connectivity index (χ1) is 7.29. The van der Waals surface area contributed by atoms with Crippen LogP contribution in [0, 0.1) is 0 Å². The summed E-state index contributed by atoms with van der Waals surface area (Å²) in [6.07, 6.45) is 5.78. The number of nitrogens with one attached hydrogen (secondary N) is 1. The van der Waals surface area contributed by atoms with Gasteiger partial charge in [0.2, 0.25) is 0 Å². The van der Waals surface area contributed by atoms with Gasteiger partial charge in [0.1, 0.15) is 0 Å². The molecule has 0 bridgehead atoms. The van der Waals surface area contributed by atoms with Crippen molar-refractivity contribution in [2.75, 3.05) is 13.1 Å². The second kappa shape index (κ2) is 9.12. The molecule has 0 aliphatic rings. The average molecular weight is 245 g/mol. The molecule has 0 unspecified atom stereocenters. The summed E-state index contributed by atoms with van der Waals surface area (Å²) in [6, 6.07) is 3.99. The van der Waals surface area contributed by atoms with E-state index in [-0.39, 0.29) is 18.8 Å². The first-order valence-electron chi connectivity index (χ1n) is 5.10. The number of aromatic nitrogens is 1. The average Bonchev–Trinajstić information content (AvgIpc) is 2.24. The Kier molecular flexibility index (Phi) is 8.48. The van der Waals surface area contributed by atoms with Crippen LogP contribution in [0.2, 0.25) is 0 Å². The van der Waals surface area contributed by atoms with Gasteiger partial charge in [-0.2, -0.15) is 0 Å². The molecule has 4 nitrogen and oxygen atoms in total. The van der Waals surface area contributed by atoms with Crippen molar-refractivity contribution in [1.82, 2.24) is 10.3 Å². The van der Waals surface area contributed by atoms with Crippen molar-refractivity contribution in [3.05, 3.63) is 30.1 Å². The lowest BCUT2D eigenvalue weighted by Gasteiger charge is -2.02. The van der Waals surface area contributed by atoms with Gasteiger partial charge in [0.15, 0.2) is 0 Å². The maximum Gasteiger partial charge on any atom is 0.304 e. The van der Waals surface area contributed by atoms with E-state index >= 15 is 0 Å². The van der Waals surface area contributed by atoms with Crippen LogP contribution in [0.5, 0.6) is 0 Å². The summed E-state index contributed by atoms with van der Waals surface area (Å²) in [5.41, 5.74) is 1.27. The van der Waals surface area contributed by atoms with Gasteiger partial charge in [-0.1, -0.05) is 0 Å². The zero-order valence-corrected chi connectivity index (χ0v) is 9.87. The molecule has 0 aliphatic carbocycles. The van der Waals surface area contributed by atoms with E-state index in [1.54, 1.807) is 12.4 Å². The van der Waals surface area contributed by atoms with E-state index in [2.05, 4.69) is 10.3 Å². The normalized spacial score (nSPS) is 9.50. The first-order valence-corrected chi connectivity index (χ1v) is 5.10. The highest BCUT2D eigenvalue weighted by Crippen LogP contribution is 1.99. The van der Waals surface area contributed by atoms with Gasteiger partial charge >= 0.3 is 5.97 Å². The molecule has 5 heteroatoms. The highest BCUT2D eigenvalue weighted by Gasteiger charge is 1.95. The van der Waals surface area contributed by atoms with Gasteiger partial charge in [0.05, 0.1) is 6.42 Å². The molecule has 0 saturated heterocycles. The van der Waals surface area contributed by atoms with Gasteiger partial charge in [0, 0.05) is 18.9 Å². The van der Waals surface area contributed by atoms with Gasteiger partial charge in [-0.25, -0.2) is 0 Å². The molecule has 1 aromatic heterocycles. The van der Waals surface area contributed by atoms with Crippen LogP contribution in [0.4, 0.5) is 0 Å². The van der Waals surface area contributed by atoms with E-state index in [1.807, 2.05) is 12.1 Å². The molecule has 1 aromatic rings. The van der Waals surface area contributed by atoms with Gasteiger partial charge in [-0.15, -0.1) is 12.4 Å². The Labute approximate surface area is 101 Å². The van der Waals surface area contributed by atoms with Crippen molar-refractivity contribution in [1.29, 1.82) is 0 Å². The molecule has 0 radical (unpaired) electrons. The molecule has 0 atom stereocenters. The van der Waals surface area contributed by atoms with E-state index in [0.29, 0.717) is 6.54 Å². The van der Waals surface area contributed by atoms with Crippen molar-refractivity contribution in [3.8, 4) is 0 Å². The predicted molar refractivity (Wildman–Crippen MR) is 64.9 cm³/mol. The summed E-state index contributed by atoms with van der Waals surface area (Å²) in [6.45, 7) is 1.40. The topological polar surface area (TPSA) is 62.2 Å². The Balaban J connectivity index is 0.00000225. The lowest BCUT2D eigenvalue weighted by Crippen LogP contribution is -2.19. The zero-order valence-electron chi connectivity index (χ0n) is 9.06. The smallest absolute Gasteiger partial charge is 0.304 e. The third kappa shape index (κ3) is 7.20. The fraction of sp³-hybridized carbons (Fsp3) is 0.455. The predicted octanol–water partition coefficient (Wildman–Crippen LogP) is 1.50. The fourth-order valence-corrected chi connectivity index (χ4v) is 1.29. The third-order valence-corrected chi connectivity index (χ3v) is 2.08. The zero-order chi connectivity index (χ0) is 10.9. The van der Waals surface area contributed by atoms with Crippen LogP contribution in [-0.4, -0.2) is 29.1 Å². The Morgan fingerprint density at radius 2 is 2.00 bits per heavy atom. The highest BCUT2D eigenvalue weighted by molar-refractivity contribution is 5.85. The van der Waals surface area contributed by atoms with Crippen LogP contribution >= 0.6 is 12.4 Å². The standard InChI is InChI=1S/C11H16N2O2.ClH/c14-11(15)5-9-12-6-1-2-10-3-7-13-8-4-10;/h3-4,7-8,12H,1-2,5-6,9H2,(H,14,15);1H. The minimum Gasteiger partial charge on any atom is -0.481 e. The van der Waals surface area contributed by atoms with E-state index in [4.69, 9.17) is 5.11 Å². The Bertz CT molecular complexity index is 293. The molecule has 2 N–H and O–H groups in total. The Morgan fingerprint density at radius 3 is 2.62 bits per heavy atom. The number of pyridine rings is 1. The molecule has 0 saturated carbocycles. The molecule has 90 valence electrons. The first kappa shape index (κ1) is 14.9. The molecule has 0 amide bonds. The SMILES string of the molecule is Cl.O=C(O)CCNCCCc1ccncc1. The number of carbonyl (C=O) groups is 1. The molecule has 1 heterocycles. The number of carboxylic acid groups (broad SMARTS) is 1. The molecular formula is C11H17ClN2O2. The summed E-state index contributed by atoms with van der Waals surface area (Å²) >= 11 is 0. The molecule has 0 aliphatic heterocycles. The lowest BCUT2D eigenvalue weighted by molar-refractivity contribution is -0.136. The molecule has 0 aromatic carbocycles. The van der Waals surface area contributed by atoms with E-state index in [1.165, 1.54) is 5.56 Å². The minimum absolute atomic E-state index is 0. The quantitative estimate of drug-likeness (QED) is 0.714.